The molecule has 0 unspecified atom stereocenters. The molecule has 2 N–H and O–H groups in total. The van der Waals surface area contributed by atoms with Crippen molar-refractivity contribution in [2.45, 2.75) is 55.9 Å². The third kappa shape index (κ3) is 3.88. The van der Waals surface area contributed by atoms with Crippen LogP contribution in [0.5, 0.6) is 0 Å². The Morgan fingerprint density at radius 1 is 1.32 bits per heavy atom. The molecule has 0 spiro atoms. The van der Waals surface area contributed by atoms with E-state index in [1.807, 2.05) is 0 Å². The van der Waals surface area contributed by atoms with E-state index in [1.165, 1.54) is 19.9 Å². The van der Waals surface area contributed by atoms with E-state index in [0.29, 0.717) is 31.8 Å². The summed E-state index contributed by atoms with van der Waals surface area (Å²) in [5, 5.41) is 15.0. The highest BCUT2D eigenvalue weighted by molar-refractivity contribution is 7.94. The third-order valence-corrected chi connectivity index (χ3v) is 7.64. The van der Waals surface area contributed by atoms with Gasteiger partial charge < -0.3 is 19.7 Å². The molecule has 1 aliphatic rings. The summed E-state index contributed by atoms with van der Waals surface area (Å²) in [7, 11) is -3.70. The number of anilines is 1. The van der Waals surface area contributed by atoms with Crippen LogP contribution in [0.25, 0.3) is 0 Å². The van der Waals surface area contributed by atoms with Gasteiger partial charge in [0, 0.05) is 24.7 Å². The Labute approximate surface area is 147 Å². The van der Waals surface area contributed by atoms with Crippen molar-refractivity contribution in [3.05, 3.63) is 11.8 Å². The first-order valence-corrected chi connectivity index (χ1v) is 9.77. The summed E-state index contributed by atoms with van der Waals surface area (Å²) in [6.07, 6.45) is 0.773. The zero-order valence-corrected chi connectivity index (χ0v) is 15.9. The maximum Gasteiger partial charge on any atom is 0.246 e. The second-order valence-corrected chi connectivity index (χ2v) is 10.2. The van der Waals surface area contributed by atoms with Gasteiger partial charge in [-0.3, -0.25) is 4.79 Å². The molecular weight excluding hydrogens is 348 g/mol. The fourth-order valence-electron chi connectivity index (χ4n) is 2.53. The number of ether oxygens (including phenoxy) is 1. The van der Waals surface area contributed by atoms with Crippen LogP contribution in [-0.4, -0.2) is 54.4 Å². The molecular formula is C16H26N2O6S. The fraction of sp³-hybridized carbons (Fsp3) is 0.750. The van der Waals surface area contributed by atoms with Crippen LogP contribution < -0.4 is 5.32 Å². The number of rotatable bonds is 6. The molecule has 9 heteroatoms. The van der Waals surface area contributed by atoms with Crippen LogP contribution in [0.1, 0.15) is 46.3 Å². The number of nitrogens with zero attached hydrogens (tertiary/aromatic N) is 1. The SMILES string of the molecule is CC(C)(CO)c1cc(NC(=O)C(C)(C)S(=O)(=O)C2CCOCC2)no1. The predicted molar refractivity (Wildman–Crippen MR) is 92.1 cm³/mol. The Balaban J connectivity index is 2.16. The minimum Gasteiger partial charge on any atom is -0.395 e. The minimum absolute atomic E-state index is 0.122. The Hall–Kier alpha value is -1.45. The van der Waals surface area contributed by atoms with Gasteiger partial charge in [0.1, 0.15) is 10.5 Å². The number of aliphatic hydroxyl groups excluding tert-OH is 1. The van der Waals surface area contributed by atoms with Crippen LogP contribution >= 0.6 is 0 Å². The molecule has 0 aliphatic carbocycles. The molecule has 1 saturated heterocycles. The number of carbonyl (C=O) groups is 1. The smallest absolute Gasteiger partial charge is 0.246 e. The van der Waals surface area contributed by atoms with Crippen LogP contribution in [0, 0.1) is 0 Å². The number of nitrogens with one attached hydrogen (secondary N) is 1. The van der Waals surface area contributed by atoms with E-state index < -0.39 is 31.2 Å². The van der Waals surface area contributed by atoms with Gasteiger partial charge in [-0.15, -0.1) is 0 Å². The Bertz CT molecular complexity index is 717. The first-order chi connectivity index (χ1) is 11.5. The number of aromatic nitrogens is 1. The molecule has 1 fully saturated rings. The second-order valence-electron chi connectivity index (χ2n) is 7.44. The van der Waals surface area contributed by atoms with Gasteiger partial charge in [-0.2, -0.15) is 0 Å². The van der Waals surface area contributed by atoms with E-state index in [2.05, 4.69) is 10.5 Å². The lowest BCUT2D eigenvalue weighted by molar-refractivity contribution is -0.117. The lowest BCUT2D eigenvalue weighted by Crippen LogP contribution is -2.50. The zero-order chi connectivity index (χ0) is 18.9. The summed E-state index contributed by atoms with van der Waals surface area (Å²) in [6, 6.07) is 1.49. The second kappa shape index (κ2) is 7.05. The van der Waals surface area contributed by atoms with Crippen molar-refractivity contribution in [2.75, 3.05) is 25.1 Å². The van der Waals surface area contributed by atoms with Crippen LogP contribution in [0.15, 0.2) is 10.6 Å². The summed E-state index contributed by atoms with van der Waals surface area (Å²) >= 11 is 0. The molecule has 1 amide bonds. The molecule has 1 aromatic heterocycles. The Kier molecular flexibility index (Phi) is 5.60. The molecule has 8 nitrogen and oxygen atoms in total. The highest BCUT2D eigenvalue weighted by atomic mass is 32.2. The van der Waals surface area contributed by atoms with E-state index >= 15 is 0 Å². The Morgan fingerprint density at radius 2 is 1.92 bits per heavy atom. The summed E-state index contributed by atoms with van der Waals surface area (Å²) in [5.74, 6) is -0.146. The van der Waals surface area contributed by atoms with Gasteiger partial charge >= 0.3 is 0 Å². The molecule has 0 radical (unpaired) electrons. The van der Waals surface area contributed by atoms with E-state index in [1.54, 1.807) is 13.8 Å². The Morgan fingerprint density at radius 3 is 2.48 bits per heavy atom. The van der Waals surface area contributed by atoms with Crippen LogP contribution in [-0.2, 0) is 24.8 Å². The van der Waals surface area contributed by atoms with Gasteiger partial charge in [-0.05, 0) is 26.7 Å². The van der Waals surface area contributed by atoms with Gasteiger partial charge in [0.2, 0.25) is 5.91 Å². The lowest BCUT2D eigenvalue weighted by Gasteiger charge is -2.30. The maximum atomic E-state index is 12.9. The molecule has 142 valence electrons. The third-order valence-electron chi connectivity index (χ3n) is 4.68. The van der Waals surface area contributed by atoms with Gasteiger partial charge in [-0.1, -0.05) is 19.0 Å². The van der Waals surface area contributed by atoms with Gasteiger partial charge in [-0.25, -0.2) is 8.42 Å². The highest BCUT2D eigenvalue weighted by Crippen LogP contribution is 2.30. The van der Waals surface area contributed by atoms with Crippen LogP contribution in [0.4, 0.5) is 5.82 Å². The standard InChI is InChI=1S/C16H26N2O6S/c1-15(2,10-19)12-9-13(18-24-12)17-14(20)16(3,4)25(21,22)11-5-7-23-8-6-11/h9,11,19H,5-8,10H2,1-4H3,(H,17,18,20). The molecule has 2 heterocycles. The average molecular weight is 374 g/mol. The molecule has 1 aliphatic heterocycles. The zero-order valence-electron chi connectivity index (χ0n) is 15.0. The number of hydrogen-bond acceptors (Lipinski definition) is 7. The highest BCUT2D eigenvalue weighted by Gasteiger charge is 2.46. The number of sulfone groups is 1. The monoisotopic (exact) mass is 374 g/mol. The molecule has 25 heavy (non-hydrogen) atoms. The molecule has 2 rings (SSSR count). The van der Waals surface area contributed by atoms with E-state index in [-0.39, 0.29) is 12.4 Å². The van der Waals surface area contributed by atoms with Crippen molar-refractivity contribution in [2.24, 2.45) is 0 Å². The van der Waals surface area contributed by atoms with E-state index in [4.69, 9.17) is 9.26 Å². The maximum absolute atomic E-state index is 12.9. The molecule has 0 saturated carbocycles. The number of carbonyl (C=O) groups excluding carboxylic acids is 1. The normalized spacial score (nSPS) is 17.5. The molecule has 0 aromatic carbocycles. The van der Waals surface area contributed by atoms with Crippen molar-refractivity contribution in [3.63, 3.8) is 0 Å². The average Bonchev–Trinajstić information content (AvgIpc) is 3.04. The van der Waals surface area contributed by atoms with E-state index in [9.17, 15) is 18.3 Å². The predicted octanol–water partition coefficient (Wildman–Crippen LogP) is 1.26. The van der Waals surface area contributed by atoms with Gasteiger partial charge in [0.15, 0.2) is 15.7 Å². The van der Waals surface area contributed by atoms with Crippen molar-refractivity contribution >= 4 is 21.6 Å². The first-order valence-electron chi connectivity index (χ1n) is 8.23. The fourth-order valence-corrected chi connectivity index (χ4v) is 4.49. The van der Waals surface area contributed by atoms with Crippen molar-refractivity contribution in [3.8, 4) is 0 Å². The number of aliphatic hydroxyl groups is 1. The van der Waals surface area contributed by atoms with Crippen LogP contribution in [0.2, 0.25) is 0 Å². The van der Waals surface area contributed by atoms with Crippen molar-refractivity contribution in [1.82, 2.24) is 5.16 Å². The van der Waals surface area contributed by atoms with E-state index in [0.717, 1.165) is 0 Å². The molecule has 1 aromatic rings. The summed E-state index contributed by atoms with van der Waals surface area (Å²) < 4.78 is 34.4. The molecule has 0 atom stereocenters. The van der Waals surface area contributed by atoms with Crippen molar-refractivity contribution in [1.29, 1.82) is 0 Å². The lowest BCUT2D eigenvalue weighted by atomic mass is 9.92. The minimum atomic E-state index is -3.70. The number of hydrogen-bond donors (Lipinski definition) is 2. The number of amides is 1. The molecule has 0 bridgehead atoms. The topological polar surface area (TPSA) is 119 Å². The summed E-state index contributed by atoms with van der Waals surface area (Å²) in [5.41, 5.74) is -0.653. The summed E-state index contributed by atoms with van der Waals surface area (Å²) in [6.45, 7) is 6.92. The van der Waals surface area contributed by atoms with Crippen molar-refractivity contribution < 1.29 is 27.6 Å². The van der Waals surface area contributed by atoms with Gasteiger partial charge in [0.05, 0.1) is 11.9 Å². The summed E-state index contributed by atoms with van der Waals surface area (Å²) in [4.78, 5) is 12.6. The van der Waals surface area contributed by atoms with Gasteiger partial charge in [0.25, 0.3) is 0 Å². The first kappa shape index (κ1) is 19.9. The quantitative estimate of drug-likeness (QED) is 0.769. The largest absolute Gasteiger partial charge is 0.395 e. The van der Waals surface area contributed by atoms with Crippen LogP contribution in [0.3, 0.4) is 0 Å².